The zero-order valence-electron chi connectivity index (χ0n) is 36.0. The number of alkyl carbamates (subject to hydrolysis) is 1. The van der Waals surface area contributed by atoms with E-state index in [-0.39, 0.29) is 48.8 Å². The lowest BCUT2D eigenvalue weighted by atomic mass is 9.87. The van der Waals surface area contributed by atoms with Gasteiger partial charge in [-0.2, -0.15) is 26.3 Å². The Bertz CT molecular complexity index is 2270. The molecule has 7 unspecified atom stereocenters. The number of nitrogens with zero attached hydrogens (tertiary/aromatic N) is 3. The Morgan fingerprint density at radius 2 is 1.75 bits per heavy atom. The van der Waals surface area contributed by atoms with Crippen LogP contribution in [0.2, 0.25) is 0 Å². The van der Waals surface area contributed by atoms with Crippen LogP contribution in [0.4, 0.5) is 31.1 Å². The number of allylic oxidation sites excluding steroid dienone is 1. The van der Waals surface area contributed by atoms with E-state index < -0.39 is 117 Å². The number of halogens is 6. The number of sulfonamides is 1. The number of hydrogen-bond acceptors (Lipinski definition) is 12. The molecule has 64 heavy (non-hydrogen) atoms. The molecular formula is C41H52F6N6O10S. The largest absolute Gasteiger partial charge is 0.494 e. The Hall–Kier alpha value is -4.93. The van der Waals surface area contributed by atoms with Crippen LogP contribution in [-0.2, 0) is 40.1 Å². The molecule has 2 aliphatic carbocycles. The van der Waals surface area contributed by atoms with Gasteiger partial charge in [-0.05, 0) is 84.3 Å². The predicted octanol–water partition coefficient (Wildman–Crippen LogP) is 5.34. The second-order valence-corrected chi connectivity index (χ2v) is 19.9. The minimum atomic E-state index is -5.11. The highest BCUT2D eigenvalue weighted by atomic mass is 32.2. The number of ether oxygens (including phenoxy) is 4. The molecule has 3 heterocycles. The summed E-state index contributed by atoms with van der Waals surface area (Å²) in [5.41, 5.74) is -6.58. The molecule has 4 aliphatic rings. The van der Waals surface area contributed by atoms with E-state index in [2.05, 4.69) is 25.3 Å². The van der Waals surface area contributed by atoms with E-state index in [0.29, 0.717) is 39.5 Å². The summed E-state index contributed by atoms with van der Waals surface area (Å²) in [4.78, 5) is 65.6. The van der Waals surface area contributed by atoms with Gasteiger partial charge >= 0.3 is 18.4 Å². The Morgan fingerprint density at radius 3 is 2.38 bits per heavy atom. The van der Waals surface area contributed by atoms with Crippen molar-refractivity contribution < 1.29 is 72.9 Å². The third kappa shape index (κ3) is 10.3. The lowest BCUT2D eigenvalue weighted by Gasteiger charge is -2.35. The molecule has 23 heteroatoms. The Morgan fingerprint density at radius 1 is 1.05 bits per heavy atom. The number of hydrogen-bond donors (Lipinski definition) is 3. The lowest BCUT2D eigenvalue weighted by Crippen LogP contribution is -2.60. The maximum atomic E-state index is 15.0. The van der Waals surface area contributed by atoms with Gasteiger partial charge in [-0.3, -0.25) is 19.1 Å². The van der Waals surface area contributed by atoms with Crippen molar-refractivity contribution in [1.29, 1.82) is 0 Å². The van der Waals surface area contributed by atoms with Crippen LogP contribution in [0.5, 0.6) is 11.6 Å². The van der Waals surface area contributed by atoms with Crippen LogP contribution in [0.25, 0.3) is 11.0 Å². The number of fused-ring (bicyclic) bond motifs is 3. The molecule has 6 rings (SSSR count). The van der Waals surface area contributed by atoms with Crippen LogP contribution >= 0.6 is 0 Å². The number of nitrogens with one attached hydrogen (secondary N) is 3. The van der Waals surface area contributed by atoms with E-state index in [4.69, 9.17) is 18.9 Å². The van der Waals surface area contributed by atoms with Gasteiger partial charge in [-0.25, -0.2) is 23.2 Å². The summed E-state index contributed by atoms with van der Waals surface area (Å²) in [6.45, 7) is 5.55. The van der Waals surface area contributed by atoms with E-state index in [9.17, 15) is 53.9 Å². The average Bonchev–Trinajstić information content (AvgIpc) is 4.07. The summed E-state index contributed by atoms with van der Waals surface area (Å²) >= 11 is 0. The first kappa shape index (κ1) is 48.5. The van der Waals surface area contributed by atoms with Crippen molar-refractivity contribution in [1.82, 2.24) is 30.2 Å². The van der Waals surface area contributed by atoms with Gasteiger partial charge in [0.1, 0.15) is 29.5 Å². The van der Waals surface area contributed by atoms with Crippen LogP contribution in [0.3, 0.4) is 0 Å². The SMILES string of the molecule is CCOc1ccc2nc(C(F)(F)F)c(OC3CC4C(=O)NC5(C(=O)NS(=O)(=O)C6(C)CC6)CC5C=CCCC(C)CC(COC)C(NC(=O)OC(C)(C)C(F)(F)F)C(=O)N4C3)nc2c1. The number of methoxy groups -OCH3 is 1. The molecule has 0 radical (unpaired) electrons. The molecule has 3 fully saturated rings. The number of rotatable bonds is 11. The second kappa shape index (κ2) is 17.8. The fourth-order valence-corrected chi connectivity index (χ4v) is 9.25. The van der Waals surface area contributed by atoms with Gasteiger partial charge in [0.25, 0.3) is 5.91 Å². The van der Waals surface area contributed by atoms with E-state index in [0.717, 1.165) is 4.90 Å². The van der Waals surface area contributed by atoms with Crippen LogP contribution in [0.1, 0.15) is 85.3 Å². The number of aromatic nitrogens is 2. The van der Waals surface area contributed by atoms with Crippen molar-refractivity contribution in [2.24, 2.45) is 17.8 Å². The zero-order chi connectivity index (χ0) is 47.2. The van der Waals surface area contributed by atoms with E-state index >= 15 is 0 Å². The average molecular weight is 935 g/mol. The number of carbonyl (C=O) groups is 4. The highest BCUT2D eigenvalue weighted by molar-refractivity contribution is 7.91. The molecule has 1 aromatic carbocycles. The molecule has 1 saturated heterocycles. The van der Waals surface area contributed by atoms with Crippen LogP contribution in [0, 0.1) is 17.8 Å². The lowest BCUT2D eigenvalue weighted by molar-refractivity contribution is -0.244. The topological polar surface area (TPSA) is 204 Å². The van der Waals surface area contributed by atoms with E-state index in [1.165, 1.54) is 32.2 Å². The van der Waals surface area contributed by atoms with Gasteiger partial charge in [0.15, 0.2) is 0 Å². The van der Waals surface area contributed by atoms with Gasteiger partial charge in [0, 0.05) is 31.4 Å². The van der Waals surface area contributed by atoms with Crippen molar-refractivity contribution in [3.05, 3.63) is 36.0 Å². The second-order valence-electron chi connectivity index (χ2n) is 17.7. The zero-order valence-corrected chi connectivity index (χ0v) is 36.8. The Balaban J connectivity index is 1.42. The summed E-state index contributed by atoms with van der Waals surface area (Å²) < 4.78 is 134. The molecule has 1 aromatic heterocycles. The summed E-state index contributed by atoms with van der Waals surface area (Å²) in [5, 5.41) is 4.89. The normalized spacial score (nSPS) is 27.6. The molecule has 4 amide bonds. The van der Waals surface area contributed by atoms with E-state index in [1.54, 1.807) is 19.1 Å². The first-order valence-electron chi connectivity index (χ1n) is 20.8. The minimum absolute atomic E-state index is 0.0459. The number of carbonyl (C=O) groups excluding carboxylic acids is 4. The predicted molar refractivity (Wildman–Crippen MR) is 215 cm³/mol. The van der Waals surface area contributed by atoms with Gasteiger partial charge in [0.2, 0.25) is 39.0 Å². The molecule has 2 saturated carbocycles. The van der Waals surface area contributed by atoms with Crippen LogP contribution < -0.4 is 24.8 Å². The molecule has 0 spiro atoms. The Kier molecular flexibility index (Phi) is 13.5. The van der Waals surface area contributed by atoms with Crippen molar-refractivity contribution in [3.8, 4) is 11.6 Å². The minimum Gasteiger partial charge on any atom is -0.494 e. The third-order valence-corrected chi connectivity index (χ3v) is 14.4. The number of amides is 4. The highest BCUT2D eigenvalue weighted by Crippen LogP contribution is 2.48. The summed E-state index contributed by atoms with van der Waals surface area (Å²) in [5.74, 6) is -5.77. The summed E-state index contributed by atoms with van der Waals surface area (Å²) in [7, 11) is -2.91. The summed E-state index contributed by atoms with van der Waals surface area (Å²) in [6.07, 6.45) is -8.76. The maximum Gasteiger partial charge on any atom is 0.438 e. The first-order chi connectivity index (χ1) is 29.7. The number of benzene rings is 1. The first-order valence-corrected chi connectivity index (χ1v) is 22.3. The van der Waals surface area contributed by atoms with Crippen molar-refractivity contribution in [2.45, 2.75) is 126 Å². The van der Waals surface area contributed by atoms with Gasteiger partial charge in [-0.15, -0.1) is 0 Å². The molecule has 3 N–H and O–H groups in total. The third-order valence-electron chi connectivity index (χ3n) is 12.2. The highest BCUT2D eigenvalue weighted by Gasteiger charge is 2.63. The smallest absolute Gasteiger partial charge is 0.438 e. The monoisotopic (exact) mass is 934 g/mol. The molecule has 7 atom stereocenters. The van der Waals surface area contributed by atoms with Crippen molar-refractivity contribution in [3.63, 3.8) is 0 Å². The van der Waals surface area contributed by atoms with Gasteiger partial charge < -0.3 is 34.5 Å². The molecule has 16 nitrogen and oxygen atoms in total. The molecule has 2 aliphatic heterocycles. The molecule has 0 bridgehead atoms. The standard InChI is InChI=1S/C41H52F6N6O10S/c1-7-61-25-12-13-27-28(17-25)49-33(31(48-27)40(42,43)44)62-26-18-29-32(54)51-39(35(56)52-64(58,59)38(5)14-15-38)19-24(39)11-9-8-10-22(2)16-23(21-60-6)30(34(55)53(29)20-26)50-36(57)63-37(3,4)41(45,46)47/h9,11-13,17,22-24,26,29-30H,7-8,10,14-16,18-21H2,1-6H3,(H,50,57)(H,51,54)(H,52,56). The van der Waals surface area contributed by atoms with Gasteiger partial charge in [-0.1, -0.05) is 19.1 Å². The molecule has 354 valence electrons. The van der Waals surface area contributed by atoms with E-state index in [1.807, 2.05) is 6.92 Å². The molecular weight excluding hydrogens is 883 g/mol. The summed E-state index contributed by atoms with van der Waals surface area (Å²) in [6, 6.07) is 0.609. The maximum absolute atomic E-state index is 15.0. The van der Waals surface area contributed by atoms with Gasteiger partial charge in [0.05, 0.1) is 35.5 Å². The quantitative estimate of drug-likeness (QED) is 0.193. The van der Waals surface area contributed by atoms with Crippen molar-refractivity contribution in [2.75, 3.05) is 26.9 Å². The fourth-order valence-electron chi connectivity index (χ4n) is 7.94. The molecule has 2 aromatic rings. The van der Waals surface area contributed by atoms with Crippen LogP contribution in [-0.4, -0.2) is 114 Å². The number of alkyl halides is 6. The van der Waals surface area contributed by atoms with Crippen molar-refractivity contribution >= 4 is 44.9 Å². The fraction of sp³-hybridized carbons (Fsp3) is 0.659. The van der Waals surface area contributed by atoms with Crippen LogP contribution in [0.15, 0.2) is 30.4 Å². The Labute approximate surface area is 365 Å².